The van der Waals surface area contributed by atoms with Gasteiger partial charge in [0.25, 0.3) is 5.69 Å². The molecule has 0 saturated carbocycles. The maximum absolute atomic E-state index is 12.9. The Morgan fingerprint density at radius 3 is 2.27 bits per heavy atom. The number of piperidine rings is 1. The van der Waals surface area contributed by atoms with Crippen molar-refractivity contribution in [3.63, 3.8) is 0 Å². The number of amides is 1. The van der Waals surface area contributed by atoms with E-state index in [2.05, 4.69) is 0 Å². The predicted molar refractivity (Wildman–Crippen MR) is 108 cm³/mol. The highest BCUT2D eigenvalue weighted by molar-refractivity contribution is 5.94. The van der Waals surface area contributed by atoms with Crippen molar-refractivity contribution in [2.75, 3.05) is 29.9 Å². The van der Waals surface area contributed by atoms with Crippen molar-refractivity contribution >= 4 is 23.0 Å². The molecule has 1 aliphatic rings. The number of halogens is 3. The minimum atomic E-state index is -4.65. The van der Waals surface area contributed by atoms with Gasteiger partial charge in [-0.2, -0.15) is 13.2 Å². The number of carbonyl (C=O) groups excluding carboxylic acids is 1. The number of nitrogens with zero attached hydrogens (tertiary/aromatic N) is 3. The third-order valence-electron chi connectivity index (χ3n) is 5.44. The van der Waals surface area contributed by atoms with E-state index in [1.165, 1.54) is 0 Å². The molecule has 9 heteroatoms. The van der Waals surface area contributed by atoms with Crippen molar-refractivity contribution in [2.24, 2.45) is 5.92 Å². The van der Waals surface area contributed by atoms with E-state index >= 15 is 0 Å². The molecule has 2 aromatic rings. The highest BCUT2D eigenvalue weighted by atomic mass is 19.4. The lowest BCUT2D eigenvalue weighted by Crippen LogP contribution is -2.41. The first-order valence-electron chi connectivity index (χ1n) is 9.52. The molecule has 1 saturated heterocycles. The molecule has 1 fully saturated rings. The summed E-state index contributed by atoms with van der Waals surface area (Å²) in [5, 5.41) is 11.3. The number of hydrogen-bond acceptors (Lipinski definition) is 4. The van der Waals surface area contributed by atoms with Crippen LogP contribution in [0.2, 0.25) is 0 Å². The SMILES string of the molecule is Cc1ccc(N(C)C(=O)C2CCN(c3ccc(C(F)(F)F)cc3[N+](=O)[O-])CC2)cc1. The van der Waals surface area contributed by atoms with Gasteiger partial charge in [0.1, 0.15) is 5.69 Å². The van der Waals surface area contributed by atoms with Crippen LogP contribution in [-0.4, -0.2) is 31.0 Å². The normalized spacial score (nSPS) is 15.2. The maximum atomic E-state index is 12.9. The first-order valence-corrected chi connectivity index (χ1v) is 9.52. The zero-order chi connectivity index (χ0) is 22.1. The molecule has 0 N–H and O–H groups in total. The minimum Gasteiger partial charge on any atom is -0.366 e. The third-order valence-corrected chi connectivity index (χ3v) is 5.44. The molecule has 30 heavy (non-hydrogen) atoms. The Balaban J connectivity index is 1.71. The van der Waals surface area contributed by atoms with Crippen molar-refractivity contribution in [3.8, 4) is 0 Å². The molecule has 1 amide bonds. The van der Waals surface area contributed by atoms with Crippen LogP contribution in [0.1, 0.15) is 24.0 Å². The number of benzene rings is 2. The maximum Gasteiger partial charge on any atom is 0.416 e. The van der Waals surface area contributed by atoms with Gasteiger partial charge >= 0.3 is 6.18 Å². The summed E-state index contributed by atoms with van der Waals surface area (Å²) < 4.78 is 38.7. The molecule has 3 rings (SSSR count). The summed E-state index contributed by atoms with van der Waals surface area (Å²) in [6, 6.07) is 10.1. The Bertz CT molecular complexity index is 937. The average molecular weight is 421 g/mol. The van der Waals surface area contributed by atoms with Crippen LogP contribution in [0.25, 0.3) is 0 Å². The monoisotopic (exact) mass is 421 g/mol. The van der Waals surface area contributed by atoms with Gasteiger partial charge in [0.05, 0.1) is 10.5 Å². The second-order valence-electron chi connectivity index (χ2n) is 7.45. The van der Waals surface area contributed by atoms with E-state index in [0.29, 0.717) is 32.0 Å². The number of alkyl halides is 3. The zero-order valence-corrected chi connectivity index (χ0v) is 16.6. The number of hydrogen-bond donors (Lipinski definition) is 0. The Morgan fingerprint density at radius 2 is 1.73 bits per heavy atom. The van der Waals surface area contributed by atoms with Gasteiger partial charge in [0.15, 0.2) is 0 Å². The number of nitro groups is 1. The number of aryl methyl sites for hydroxylation is 1. The van der Waals surface area contributed by atoms with Gasteiger partial charge in [-0.3, -0.25) is 14.9 Å². The summed E-state index contributed by atoms with van der Waals surface area (Å²) in [6.07, 6.45) is -3.72. The molecular weight excluding hydrogens is 399 g/mol. The number of anilines is 2. The third kappa shape index (κ3) is 4.55. The molecule has 0 spiro atoms. The first kappa shape index (κ1) is 21.6. The van der Waals surface area contributed by atoms with E-state index in [0.717, 1.165) is 23.4 Å². The van der Waals surface area contributed by atoms with Crippen molar-refractivity contribution in [1.82, 2.24) is 0 Å². The van der Waals surface area contributed by atoms with Gasteiger partial charge < -0.3 is 9.80 Å². The fourth-order valence-electron chi connectivity index (χ4n) is 3.65. The Labute approximate surface area is 172 Å². The lowest BCUT2D eigenvalue weighted by Gasteiger charge is -2.34. The van der Waals surface area contributed by atoms with Crippen LogP contribution < -0.4 is 9.80 Å². The summed E-state index contributed by atoms with van der Waals surface area (Å²) in [7, 11) is 1.71. The van der Waals surface area contributed by atoms with Crippen LogP contribution in [0.3, 0.4) is 0 Å². The molecule has 0 radical (unpaired) electrons. The van der Waals surface area contributed by atoms with E-state index in [-0.39, 0.29) is 17.5 Å². The Kier molecular flexibility index (Phi) is 6.00. The van der Waals surface area contributed by atoms with E-state index in [1.54, 1.807) is 16.8 Å². The van der Waals surface area contributed by atoms with E-state index in [1.807, 2.05) is 31.2 Å². The molecule has 0 unspecified atom stereocenters. The number of rotatable bonds is 4. The summed E-state index contributed by atoms with van der Waals surface area (Å²) in [6.45, 7) is 2.66. The molecule has 1 heterocycles. The standard InChI is InChI=1S/C21H22F3N3O3/c1-14-3-6-17(7-4-14)25(2)20(28)15-9-11-26(12-10-15)18-8-5-16(21(22,23)24)13-19(18)27(29)30/h3-8,13,15H,9-12H2,1-2H3. The molecule has 0 aliphatic carbocycles. The van der Waals surface area contributed by atoms with Gasteiger partial charge in [-0.1, -0.05) is 17.7 Å². The van der Waals surface area contributed by atoms with Crippen LogP contribution in [0.5, 0.6) is 0 Å². The van der Waals surface area contributed by atoms with Gasteiger partial charge in [-0.05, 0) is 44.0 Å². The average Bonchev–Trinajstić information content (AvgIpc) is 2.72. The first-order chi connectivity index (χ1) is 14.1. The van der Waals surface area contributed by atoms with Gasteiger partial charge in [-0.25, -0.2) is 0 Å². The van der Waals surface area contributed by atoms with Gasteiger partial charge in [0.2, 0.25) is 5.91 Å². The van der Waals surface area contributed by atoms with Crippen LogP contribution >= 0.6 is 0 Å². The second-order valence-corrected chi connectivity index (χ2v) is 7.45. The van der Waals surface area contributed by atoms with Gasteiger partial charge in [0, 0.05) is 37.8 Å². The summed E-state index contributed by atoms with van der Waals surface area (Å²) in [4.78, 5) is 26.6. The zero-order valence-electron chi connectivity index (χ0n) is 16.6. The molecule has 2 aromatic carbocycles. The minimum absolute atomic E-state index is 0.0413. The lowest BCUT2D eigenvalue weighted by molar-refractivity contribution is -0.384. The Morgan fingerprint density at radius 1 is 1.13 bits per heavy atom. The fraction of sp³-hybridized carbons (Fsp3) is 0.381. The summed E-state index contributed by atoms with van der Waals surface area (Å²) in [5.41, 5.74) is 0.386. The van der Waals surface area contributed by atoms with Gasteiger partial charge in [-0.15, -0.1) is 0 Å². The van der Waals surface area contributed by atoms with Crippen molar-refractivity contribution in [1.29, 1.82) is 0 Å². The molecule has 1 aliphatic heterocycles. The highest BCUT2D eigenvalue weighted by Crippen LogP contribution is 2.38. The van der Waals surface area contributed by atoms with Crippen molar-refractivity contribution in [3.05, 3.63) is 63.7 Å². The molecule has 6 nitrogen and oxygen atoms in total. The topological polar surface area (TPSA) is 66.7 Å². The lowest BCUT2D eigenvalue weighted by atomic mass is 9.94. The van der Waals surface area contributed by atoms with Crippen LogP contribution in [0.4, 0.5) is 30.2 Å². The summed E-state index contributed by atoms with van der Waals surface area (Å²) >= 11 is 0. The van der Waals surface area contributed by atoms with Crippen LogP contribution in [0.15, 0.2) is 42.5 Å². The van der Waals surface area contributed by atoms with Crippen molar-refractivity contribution in [2.45, 2.75) is 25.9 Å². The summed E-state index contributed by atoms with van der Waals surface area (Å²) in [5.74, 6) is -0.290. The Hall–Kier alpha value is -3.10. The van der Waals surface area contributed by atoms with E-state index in [9.17, 15) is 28.1 Å². The fourth-order valence-corrected chi connectivity index (χ4v) is 3.65. The van der Waals surface area contributed by atoms with Crippen LogP contribution in [0, 0.1) is 23.0 Å². The molecule has 0 atom stereocenters. The highest BCUT2D eigenvalue weighted by Gasteiger charge is 2.35. The quantitative estimate of drug-likeness (QED) is 0.525. The smallest absolute Gasteiger partial charge is 0.366 e. The number of nitro benzene ring substituents is 1. The number of carbonyl (C=O) groups is 1. The largest absolute Gasteiger partial charge is 0.416 e. The van der Waals surface area contributed by atoms with E-state index in [4.69, 9.17) is 0 Å². The van der Waals surface area contributed by atoms with E-state index < -0.39 is 22.4 Å². The van der Waals surface area contributed by atoms with Crippen molar-refractivity contribution < 1.29 is 22.9 Å². The molecular formula is C21H22F3N3O3. The predicted octanol–water partition coefficient (Wildman–Crippen LogP) is 4.80. The molecule has 0 bridgehead atoms. The van der Waals surface area contributed by atoms with Crippen LogP contribution in [-0.2, 0) is 11.0 Å². The molecule has 0 aromatic heterocycles. The molecule has 160 valence electrons. The second kappa shape index (κ2) is 8.33.